The summed E-state index contributed by atoms with van der Waals surface area (Å²) in [4.78, 5) is 67.8. The Morgan fingerprint density at radius 1 is 1.00 bits per heavy atom. The molecule has 1 saturated heterocycles. The molecule has 0 saturated carbocycles. The summed E-state index contributed by atoms with van der Waals surface area (Å²) in [7, 11) is 0. The molecule has 12 heteroatoms. The fourth-order valence-corrected chi connectivity index (χ4v) is 5.70. The fourth-order valence-electron chi connectivity index (χ4n) is 5.70. The van der Waals surface area contributed by atoms with Gasteiger partial charge in [0, 0.05) is 49.4 Å². The first kappa shape index (κ1) is 29.7. The van der Waals surface area contributed by atoms with E-state index in [1.54, 1.807) is 24.5 Å². The number of hydrogen-bond acceptors (Lipinski definition) is 9. The molecule has 0 aliphatic carbocycles. The number of anilines is 1. The van der Waals surface area contributed by atoms with Crippen LogP contribution in [0.15, 0.2) is 77.5 Å². The van der Waals surface area contributed by atoms with Gasteiger partial charge < -0.3 is 20.4 Å². The molecule has 230 valence electrons. The lowest BCUT2D eigenvalue weighted by Gasteiger charge is -2.27. The van der Waals surface area contributed by atoms with Gasteiger partial charge in [0.05, 0.1) is 17.2 Å². The molecule has 2 aliphatic heterocycles. The van der Waals surface area contributed by atoms with Gasteiger partial charge in [-0.05, 0) is 55.3 Å². The number of pyridine rings is 1. The molecule has 1 fully saturated rings. The highest BCUT2D eigenvalue weighted by Gasteiger charge is 2.45. The number of imide groups is 2. The van der Waals surface area contributed by atoms with E-state index < -0.39 is 29.7 Å². The molecule has 0 radical (unpaired) electrons. The van der Waals surface area contributed by atoms with Gasteiger partial charge in [-0.2, -0.15) is 0 Å². The van der Waals surface area contributed by atoms with E-state index in [2.05, 4.69) is 26.3 Å². The lowest BCUT2D eigenvalue weighted by atomic mass is 10.0. The average Bonchev–Trinajstić information content (AvgIpc) is 3.58. The number of carbonyl (C=O) groups excluding carboxylic acids is 5. The van der Waals surface area contributed by atoms with Crippen LogP contribution >= 0.6 is 0 Å². The SMILES string of the molecule is O=C(CCNc1cccc2c1C(=O)N(C1CCC(=O)NC1=O)C2=O)NCCCNC(c1cccnc1)c1cc2ccccc2o1. The Morgan fingerprint density at radius 2 is 1.87 bits per heavy atom. The Labute approximate surface area is 258 Å². The predicted molar refractivity (Wildman–Crippen MR) is 164 cm³/mol. The first-order chi connectivity index (χ1) is 21.9. The molecule has 0 spiro atoms. The summed E-state index contributed by atoms with van der Waals surface area (Å²) in [5, 5.41) is 12.7. The van der Waals surface area contributed by atoms with Crippen molar-refractivity contribution in [2.45, 2.75) is 37.8 Å². The lowest BCUT2D eigenvalue weighted by Crippen LogP contribution is -2.54. The van der Waals surface area contributed by atoms with Crippen LogP contribution in [0.1, 0.15) is 63.8 Å². The third kappa shape index (κ3) is 6.31. The van der Waals surface area contributed by atoms with Crippen molar-refractivity contribution < 1.29 is 28.4 Å². The molecule has 4 N–H and O–H groups in total. The predicted octanol–water partition coefficient (Wildman–Crippen LogP) is 2.92. The first-order valence-corrected chi connectivity index (χ1v) is 14.9. The van der Waals surface area contributed by atoms with Crippen molar-refractivity contribution in [2.24, 2.45) is 0 Å². The van der Waals surface area contributed by atoms with Gasteiger partial charge >= 0.3 is 0 Å². The van der Waals surface area contributed by atoms with Crippen LogP contribution in [0.3, 0.4) is 0 Å². The maximum absolute atomic E-state index is 13.2. The molecule has 12 nitrogen and oxygen atoms in total. The minimum Gasteiger partial charge on any atom is -0.459 e. The number of carbonyl (C=O) groups is 5. The number of rotatable bonds is 12. The lowest BCUT2D eigenvalue weighted by molar-refractivity contribution is -0.136. The van der Waals surface area contributed by atoms with Gasteiger partial charge in [-0.1, -0.05) is 30.3 Å². The zero-order valence-electron chi connectivity index (χ0n) is 24.4. The van der Waals surface area contributed by atoms with Crippen LogP contribution in [0.2, 0.25) is 0 Å². The van der Waals surface area contributed by atoms with E-state index in [0.717, 1.165) is 27.2 Å². The van der Waals surface area contributed by atoms with E-state index in [0.29, 0.717) is 25.2 Å². The first-order valence-electron chi connectivity index (χ1n) is 14.9. The van der Waals surface area contributed by atoms with Crippen LogP contribution in [0, 0.1) is 0 Å². The molecule has 2 aliphatic rings. The molecule has 2 aromatic heterocycles. The minimum absolute atomic E-state index is 0.0481. The Balaban J connectivity index is 0.982. The van der Waals surface area contributed by atoms with E-state index in [1.165, 1.54) is 6.07 Å². The topological polar surface area (TPSA) is 163 Å². The Hall–Kier alpha value is -5.36. The molecule has 2 unspecified atom stereocenters. The number of piperidine rings is 1. The van der Waals surface area contributed by atoms with Crippen molar-refractivity contribution >= 4 is 46.2 Å². The summed E-state index contributed by atoms with van der Waals surface area (Å²) in [5.74, 6) is -1.65. The van der Waals surface area contributed by atoms with Crippen LogP contribution in [-0.4, -0.2) is 65.1 Å². The molecular formula is C33H32N6O6. The smallest absolute Gasteiger partial charge is 0.264 e. The Bertz CT molecular complexity index is 1740. The van der Waals surface area contributed by atoms with E-state index >= 15 is 0 Å². The molecule has 5 amide bonds. The van der Waals surface area contributed by atoms with Crippen molar-refractivity contribution in [2.75, 3.05) is 25.0 Å². The molecular weight excluding hydrogens is 576 g/mol. The van der Waals surface area contributed by atoms with Crippen molar-refractivity contribution in [3.05, 3.63) is 95.5 Å². The summed E-state index contributed by atoms with van der Waals surface area (Å²) in [6.45, 7) is 1.31. The Kier molecular flexibility index (Phi) is 8.65. The number of nitrogens with one attached hydrogen (secondary N) is 4. The minimum atomic E-state index is -1.04. The van der Waals surface area contributed by atoms with Crippen LogP contribution < -0.4 is 21.3 Å². The number of nitrogens with zero attached hydrogens (tertiary/aromatic N) is 2. The van der Waals surface area contributed by atoms with E-state index in [1.807, 2.05) is 42.5 Å². The molecule has 45 heavy (non-hydrogen) atoms. The van der Waals surface area contributed by atoms with Crippen molar-refractivity contribution in [1.82, 2.24) is 25.8 Å². The maximum atomic E-state index is 13.2. The second kappa shape index (κ2) is 13.1. The van der Waals surface area contributed by atoms with E-state index in [4.69, 9.17) is 4.42 Å². The fraction of sp³-hybridized carbons (Fsp3) is 0.273. The highest BCUT2D eigenvalue weighted by Crippen LogP contribution is 2.32. The second-order valence-electron chi connectivity index (χ2n) is 10.9. The largest absolute Gasteiger partial charge is 0.459 e. The van der Waals surface area contributed by atoms with Gasteiger partial charge in [-0.15, -0.1) is 0 Å². The molecule has 4 heterocycles. The number of amides is 5. The van der Waals surface area contributed by atoms with Crippen molar-refractivity contribution in [3.63, 3.8) is 0 Å². The molecule has 6 rings (SSSR count). The number of para-hydroxylation sites is 1. The highest BCUT2D eigenvalue weighted by atomic mass is 16.3. The van der Waals surface area contributed by atoms with Gasteiger partial charge in [-0.3, -0.25) is 39.2 Å². The quantitative estimate of drug-likeness (QED) is 0.140. The van der Waals surface area contributed by atoms with Gasteiger partial charge in [0.25, 0.3) is 11.8 Å². The summed E-state index contributed by atoms with van der Waals surface area (Å²) >= 11 is 0. The summed E-state index contributed by atoms with van der Waals surface area (Å²) in [6.07, 6.45) is 4.48. The second-order valence-corrected chi connectivity index (χ2v) is 10.9. The normalized spacial score (nSPS) is 16.9. The van der Waals surface area contributed by atoms with Gasteiger partial charge in [0.1, 0.15) is 17.4 Å². The molecule has 0 bridgehead atoms. The molecule has 2 aromatic carbocycles. The standard InChI is InChI=1S/C33H32N6O6/c40-27(36-15-5-16-37-30(21-7-4-14-34-19-21)26-18-20-6-1-2-10-25(20)45-26)13-17-35-23-9-3-8-22-29(23)33(44)39(32(22)43)24-11-12-28(41)38-31(24)42/h1-4,6-10,14,18-19,24,30,35,37H,5,11-13,15-17H2,(H,36,40)(H,38,41,42). The third-order valence-electron chi connectivity index (χ3n) is 7.91. The summed E-state index contributed by atoms with van der Waals surface area (Å²) < 4.78 is 6.11. The molecule has 4 aromatic rings. The number of furan rings is 1. The number of fused-ring (bicyclic) bond motifs is 2. The summed E-state index contributed by atoms with van der Waals surface area (Å²) in [5.41, 5.74) is 2.53. The number of aromatic nitrogens is 1. The number of benzene rings is 2. The van der Waals surface area contributed by atoms with Crippen LogP contribution in [-0.2, 0) is 14.4 Å². The van der Waals surface area contributed by atoms with E-state index in [-0.39, 0.29) is 48.9 Å². The van der Waals surface area contributed by atoms with Gasteiger partial charge in [0.2, 0.25) is 17.7 Å². The zero-order valence-corrected chi connectivity index (χ0v) is 24.4. The van der Waals surface area contributed by atoms with Crippen LogP contribution in [0.4, 0.5) is 5.69 Å². The average molecular weight is 609 g/mol. The number of hydrogen-bond donors (Lipinski definition) is 4. The van der Waals surface area contributed by atoms with Crippen molar-refractivity contribution in [1.29, 1.82) is 0 Å². The monoisotopic (exact) mass is 608 g/mol. The van der Waals surface area contributed by atoms with Gasteiger partial charge in [-0.25, -0.2) is 0 Å². The van der Waals surface area contributed by atoms with Gasteiger partial charge in [0.15, 0.2) is 0 Å². The van der Waals surface area contributed by atoms with E-state index in [9.17, 15) is 24.0 Å². The summed E-state index contributed by atoms with van der Waals surface area (Å²) in [6, 6.07) is 17.3. The Morgan fingerprint density at radius 3 is 2.67 bits per heavy atom. The third-order valence-corrected chi connectivity index (χ3v) is 7.91. The van der Waals surface area contributed by atoms with Crippen LogP contribution in [0.5, 0.6) is 0 Å². The zero-order chi connectivity index (χ0) is 31.3. The van der Waals surface area contributed by atoms with Crippen molar-refractivity contribution in [3.8, 4) is 0 Å². The molecule has 2 atom stereocenters. The highest BCUT2D eigenvalue weighted by molar-refractivity contribution is 6.25. The maximum Gasteiger partial charge on any atom is 0.264 e. The van der Waals surface area contributed by atoms with Crippen LogP contribution in [0.25, 0.3) is 11.0 Å².